The number of hydrogen-bond donors (Lipinski definition) is 0. The van der Waals surface area contributed by atoms with Crippen LogP contribution in [0.1, 0.15) is 5.69 Å². The van der Waals surface area contributed by atoms with E-state index in [0.29, 0.717) is 6.54 Å². The second kappa shape index (κ2) is 5.88. The first-order valence-electron chi connectivity index (χ1n) is 5.95. The maximum absolute atomic E-state index is 5.33. The van der Waals surface area contributed by atoms with Crippen LogP contribution in [0.4, 0.5) is 0 Å². The maximum Gasteiger partial charge on any atom is 0.195 e. The average molecular weight is 278 g/mol. The largest absolute Gasteiger partial charge is 0.462 e. The normalized spacial score (nSPS) is 10.3. The van der Waals surface area contributed by atoms with Crippen LogP contribution in [0, 0.1) is 0 Å². The molecule has 2 aromatic rings. The Morgan fingerprint density at radius 2 is 2.05 bits per heavy atom. The summed E-state index contributed by atoms with van der Waals surface area (Å²) < 4.78 is 5.33. The molecule has 0 atom stereocenters. The van der Waals surface area contributed by atoms with E-state index in [9.17, 15) is 0 Å². The zero-order chi connectivity index (χ0) is 13.8. The lowest BCUT2D eigenvalue weighted by atomic mass is 10.4. The van der Waals surface area contributed by atoms with E-state index in [1.54, 1.807) is 17.6 Å². The van der Waals surface area contributed by atoms with Crippen LogP contribution in [0.25, 0.3) is 10.8 Å². The molecule has 0 bridgehead atoms. The van der Waals surface area contributed by atoms with Crippen molar-refractivity contribution in [3.63, 3.8) is 0 Å². The lowest BCUT2D eigenvalue weighted by molar-refractivity contribution is 0.479. The van der Waals surface area contributed by atoms with E-state index in [4.69, 9.17) is 4.42 Å². The van der Waals surface area contributed by atoms with Crippen molar-refractivity contribution in [2.75, 3.05) is 28.2 Å². The molecule has 0 aliphatic rings. The monoisotopic (exact) mass is 278 g/mol. The molecule has 0 N–H and O–H groups in total. The van der Waals surface area contributed by atoms with Crippen LogP contribution in [0.3, 0.4) is 0 Å². The molecular formula is C13H18N4OS. The van der Waals surface area contributed by atoms with Gasteiger partial charge in [0.15, 0.2) is 16.7 Å². The molecule has 2 rings (SSSR count). The predicted octanol–water partition coefficient (Wildman–Crippen LogP) is 2.38. The van der Waals surface area contributed by atoms with Gasteiger partial charge in [-0.2, -0.15) is 0 Å². The molecule has 0 saturated heterocycles. The Hall–Kier alpha value is -1.82. The maximum atomic E-state index is 5.33. The molecule has 2 aromatic heterocycles. The minimum atomic E-state index is 0.572. The smallest absolute Gasteiger partial charge is 0.195 e. The molecular weight excluding hydrogens is 260 g/mol. The van der Waals surface area contributed by atoms with E-state index in [2.05, 4.69) is 9.98 Å². The van der Waals surface area contributed by atoms with Crippen LogP contribution in [-0.2, 0) is 6.54 Å². The summed E-state index contributed by atoms with van der Waals surface area (Å²) in [6, 6.07) is 3.78. The van der Waals surface area contributed by atoms with Crippen molar-refractivity contribution in [1.29, 1.82) is 0 Å². The van der Waals surface area contributed by atoms with E-state index >= 15 is 0 Å². The van der Waals surface area contributed by atoms with Crippen molar-refractivity contribution in [1.82, 2.24) is 14.8 Å². The first-order chi connectivity index (χ1) is 9.08. The van der Waals surface area contributed by atoms with Crippen LogP contribution in [0.2, 0.25) is 0 Å². The van der Waals surface area contributed by atoms with Crippen LogP contribution >= 0.6 is 11.3 Å². The predicted molar refractivity (Wildman–Crippen MR) is 78.3 cm³/mol. The average Bonchev–Trinajstić information content (AvgIpc) is 2.98. The van der Waals surface area contributed by atoms with Gasteiger partial charge in [-0.05, 0) is 12.1 Å². The highest BCUT2D eigenvalue weighted by atomic mass is 32.1. The van der Waals surface area contributed by atoms with Gasteiger partial charge < -0.3 is 14.2 Å². The zero-order valence-electron chi connectivity index (χ0n) is 11.6. The third-order valence-electron chi connectivity index (χ3n) is 2.47. The van der Waals surface area contributed by atoms with Crippen molar-refractivity contribution < 1.29 is 4.42 Å². The lowest BCUT2D eigenvalue weighted by Crippen LogP contribution is -2.35. The SMILES string of the molecule is CN(C)C(=NCc1csc(-c2ccco2)n1)N(C)C. The highest BCUT2D eigenvalue weighted by molar-refractivity contribution is 7.13. The Kier molecular flexibility index (Phi) is 4.21. The Labute approximate surface area is 117 Å². The number of aliphatic imine (C=N–C) groups is 1. The summed E-state index contributed by atoms with van der Waals surface area (Å²) >= 11 is 1.57. The molecule has 6 heteroatoms. The van der Waals surface area contributed by atoms with Gasteiger partial charge in [-0.1, -0.05) is 0 Å². The van der Waals surface area contributed by atoms with Crippen LogP contribution in [0.15, 0.2) is 33.2 Å². The molecule has 102 valence electrons. The van der Waals surface area contributed by atoms with E-state index in [1.807, 2.05) is 55.5 Å². The molecule has 19 heavy (non-hydrogen) atoms. The molecule has 0 amide bonds. The Bertz CT molecular complexity index is 533. The fourth-order valence-corrected chi connectivity index (χ4v) is 2.50. The Morgan fingerprint density at radius 1 is 1.32 bits per heavy atom. The van der Waals surface area contributed by atoms with Gasteiger partial charge in [-0.3, -0.25) is 0 Å². The van der Waals surface area contributed by atoms with Crippen LogP contribution in [0.5, 0.6) is 0 Å². The molecule has 0 aliphatic carbocycles. The Morgan fingerprint density at radius 3 is 2.63 bits per heavy atom. The molecule has 0 aromatic carbocycles. The van der Waals surface area contributed by atoms with Gasteiger partial charge in [0, 0.05) is 33.6 Å². The fourth-order valence-electron chi connectivity index (χ4n) is 1.73. The number of guanidine groups is 1. The topological polar surface area (TPSA) is 44.9 Å². The van der Waals surface area contributed by atoms with Gasteiger partial charge in [0.05, 0.1) is 18.5 Å². The van der Waals surface area contributed by atoms with Crippen molar-refractivity contribution in [2.24, 2.45) is 4.99 Å². The van der Waals surface area contributed by atoms with Crippen LogP contribution < -0.4 is 0 Å². The number of aromatic nitrogens is 1. The van der Waals surface area contributed by atoms with Crippen molar-refractivity contribution in [2.45, 2.75) is 6.54 Å². The quantitative estimate of drug-likeness (QED) is 0.639. The standard InChI is InChI=1S/C13H18N4OS/c1-16(2)13(17(3)4)14-8-10-9-19-12(15-10)11-6-5-7-18-11/h5-7,9H,8H2,1-4H3. The number of thiazole rings is 1. The van der Waals surface area contributed by atoms with E-state index < -0.39 is 0 Å². The second-order valence-electron chi connectivity index (χ2n) is 4.53. The molecule has 2 heterocycles. The zero-order valence-corrected chi connectivity index (χ0v) is 12.4. The minimum absolute atomic E-state index is 0.572. The molecule has 0 spiro atoms. The van der Waals surface area contributed by atoms with Crippen LogP contribution in [-0.4, -0.2) is 48.9 Å². The molecule has 0 fully saturated rings. The van der Waals surface area contributed by atoms with Gasteiger partial charge in [-0.15, -0.1) is 11.3 Å². The molecule has 0 radical (unpaired) electrons. The number of hydrogen-bond acceptors (Lipinski definition) is 4. The lowest BCUT2D eigenvalue weighted by Gasteiger charge is -2.22. The number of nitrogens with zero attached hydrogens (tertiary/aromatic N) is 4. The first kappa shape index (κ1) is 13.6. The van der Waals surface area contributed by atoms with Gasteiger partial charge >= 0.3 is 0 Å². The second-order valence-corrected chi connectivity index (χ2v) is 5.38. The summed E-state index contributed by atoms with van der Waals surface area (Å²) in [5.74, 6) is 1.73. The molecule has 5 nitrogen and oxygen atoms in total. The van der Waals surface area contributed by atoms with E-state index in [-0.39, 0.29) is 0 Å². The fraction of sp³-hybridized carbons (Fsp3) is 0.385. The summed E-state index contributed by atoms with van der Waals surface area (Å²) in [7, 11) is 7.92. The minimum Gasteiger partial charge on any atom is -0.462 e. The number of furan rings is 1. The van der Waals surface area contributed by atoms with Crippen molar-refractivity contribution in [3.05, 3.63) is 29.5 Å². The summed E-state index contributed by atoms with van der Waals surface area (Å²) in [5.41, 5.74) is 0.956. The third-order valence-corrected chi connectivity index (χ3v) is 3.37. The van der Waals surface area contributed by atoms with Gasteiger partial charge in [-0.25, -0.2) is 9.98 Å². The highest BCUT2D eigenvalue weighted by Gasteiger charge is 2.08. The summed E-state index contributed by atoms with van der Waals surface area (Å²) in [5, 5.41) is 2.91. The van der Waals surface area contributed by atoms with Gasteiger partial charge in [0.2, 0.25) is 0 Å². The summed E-state index contributed by atoms with van der Waals surface area (Å²) in [6.45, 7) is 0.572. The summed E-state index contributed by atoms with van der Waals surface area (Å²) in [4.78, 5) is 13.1. The number of rotatable bonds is 3. The highest BCUT2D eigenvalue weighted by Crippen LogP contribution is 2.24. The molecule has 0 aliphatic heterocycles. The molecule has 0 saturated carbocycles. The van der Waals surface area contributed by atoms with Crippen molar-refractivity contribution >= 4 is 17.3 Å². The van der Waals surface area contributed by atoms with Crippen molar-refractivity contribution in [3.8, 4) is 10.8 Å². The van der Waals surface area contributed by atoms with E-state index in [0.717, 1.165) is 22.4 Å². The Balaban J connectivity index is 2.10. The van der Waals surface area contributed by atoms with Gasteiger partial charge in [0.25, 0.3) is 0 Å². The third kappa shape index (κ3) is 3.35. The summed E-state index contributed by atoms with van der Waals surface area (Å²) in [6.07, 6.45) is 1.66. The first-order valence-corrected chi connectivity index (χ1v) is 6.83. The molecule has 0 unspecified atom stereocenters. The van der Waals surface area contributed by atoms with Gasteiger partial charge in [0.1, 0.15) is 0 Å². The van der Waals surface area contributed by atoms with E-state index in [1.165, 1.54) is 0 Å².